The van der Waals surface area contributed by atoms with Crippen LogP contribution in [-0.2, 0) is 11.3 Å². The predicted octanol–water partition coefficient (Wildman–Crippen LogP) is 3.20. The highest BCUT2D eigenvalue weighted by Gasteiger charge is 2.14. The maximum atomic E-state index is 11.8. The van der Waals surface area contributed by atoms with Gasteiger partial charge in [-0.25, -0.2) is 4.98 Å². The van der Waals surface area contributed by atoms with Gasteiger partial charge in [0.15, 0.2) is 11.5 Å². The third kappa shape index (κ3) is 4.44. The summed E-state index contributed by atoms with van der Waals surface area (Å²) in [6.45, 7) is 1.90. The second kappa shape index (κ2) is 8.49. The van der Waals surface area contributed by atoms with Gasteiger partial charge < -0.3 is 20.4 Å². The predicted molar refractivity (Wildman–Crippen MR) is 107 cm³/mol. The van der Waals surface area contributed by atoms with Crippen molar-refractivity contribution >= 4 is 23.4 Å². The van der Waals surface area contributed by atoms with Crippen molar-refractivity contribution < 1.29 is 14.0 Å². The van der Waals surface area contributed by atoms with Gasteiger partial charge in [-0.1, -0.05) is 36.4 Å². The first-order chi connectivity index (χ1) is 13.5. The van der Waals surface area contributed by atoms with Gasteiger partial charge in [-0.3, -0.25) is 9.59 Å². The van der Waals surface area contributed by atoms with Gasteiger partial charge in [0.1, 0.15) is 0 Å². The molecule has 144 valence electrons. The van der Waals surface area contributed by atoms with Crippen LogP contribution in [0.4, 0.5) is 11.7 Å². The van der Waals surface area contributed by atoms with E-state index in [1.165, 1.54) is 6.92 Å². The maximum absolute atomic E-state index is 11.8. The highest BCUT2D eigenvalue weighted by Crippen LogP contribution is 2.28. The summed E-state index contributed by atoms with van der Waals surface area (Å²) < 4.78 is 5.85. The Morgan fingerprint density at radius 3 is 2.71 bits per heavy atom. The monoisotopic (exact) mass is 378 g/mol. The summed E-state index contributed by atoms with van der Waals surface area (Å²) in [6.07, 6.45) is 1.63. The first-order valence-electron chi connectivity index (χ1n) is 8.84. The van der Waals surface area contributed by atoms with Crippen LogP contribution >= 0.6 is 0 Å². The molecule has 3 N–H and O–H groups in total. The molecular formula is C21H22N4O3. The fourth-order valence-corrected chi connectivity index (χ4v) is 2.79. The molecule has 2 aromatic carbocycles. The van der Waals surface area contributed by atoms with Gasteiger partial charge in [-0.15, -0.1) is 0 Å². The molecule has 7 heteroatoms. The van der Waals surface area contributed by atoms with Crippen LogP contribution < -0.4 is 11.1 Å². The lowest BCUT2D eigenvalue weighted by molar-refractivity contribution is -0.128. The maximum Gasteiger partial charge on any atom is 0.299 e. The number of anilines is 2. The van der Waals surface area contributed by atoms with Gasteiger partial charge in [0.25, 0.3) is 6.01 Å². The normalized spacial score (nSPS) is 10.5. The summed E-state index contributed by atoms with van der Waals surface area (Å²) >= 11 is 0. The molecule has 1 aromatic heterocycles. The number of hydrogen-bond acceptors (Lipinski definition) is 6. The highest BCUT2D eigenvalue weighted by molar-refractivity contribution is 5.95. The zero-order valence-corrected chi connectivity index (χ0v) is 15.8. The minimum absolute atomic E-state index is 0.0122. The van der Waals surface area contributed by atoms with Gasteiger partial charge in [0, 0.05) is 30.4 Å². The Kier molecular flexibility index (Phi) is 5.86. The van der Waals surface area contributed by atoms with E-state index in [0.29, 0.717) is 29.6 Å². The second-order valence-electron chi connectivity index (χ2n) is 6.40. The lowest BCUT2D eigenvalue weighted by Crippen LogP contribution is -2.32. The molecule has 3 rings (SSSR count). The van der Waals surface area contributed by atoms with E-state index in [2.05, 4.69) is 10.3 Å². The minimum atomic E-state index is -0.139. The largest absolute Gasteiger partial charge is 0.423 e. The van der Waals surface area contributed by atoms with Crippen molar-refractivity contribution in [3.05, 3.63) is 65.9 Å². The lowest BCUT2D eigenvalue weighted by atomic mass is 10.1. The number of oxazole rings is 1. The van der Waals surface area contributed by atoms with Crippen molar-refractivity contribution in [2.45, 2.75) is 13.5 Å². The fourth-order valence-electron chi connectivity index (χ4n) is 2.79. The number of nitrogens with zero attached hydrogens (tertiary/aromatic N) is 2. The van der Waals surface area contributed by atoms with Crippen LogP contribution in [0, 0.1) is 0 Å². The Hall–Kier alpha value is -3.45. The molecule has 1 amide bonds. The van der Waals surface area contributed by atoms with Crippen molar-refractivity contribution in [1.82, 2.24) is 9.88 Å². The van der Waals surface area contributed by atoms with Crippen LogP contribution in [0.25, 0.3) is 11.3 Å². The van der Waals surface area contributed by atoms with Crippen LogP contribution in [0.5, 0.6) is 0 Å². The Labute approximate surface area is 163 Å². The smallest absolute Gasteiger partial charge is 0.299 e. The number of benzene rings is 2. The highest BCUT2D eigenvalue weighted by atomic mass is 16.4. The van der Waals surface area contributed by atoms with Crippen molar-refractivity contribution in [1.29, 1.82) is 0 Å². The molecule has 0 atom stereocenters. The number of nitrogens with two attached hydrogens (primary N) is 1. The summed E-state index contributed by atoms with van der Waals surface area (Å²) in [6, 6.07) is 15.1. The Morgan fingerprint density at radius 2 is 1.96 bits per heavy atom. The number of rotatable bonds is 7. The van der Waals surface area contributed by atoms with E-state index in [9.17, 15) is 9.59 Å². The van der Waals surface area contributed by atoms with E-state index in [0.717, 1.165) is 11.1 Å². The number of hydrogen-bond donors (Lipinski definition) is 2. The molecule has 1 heterocycles. The Bertz CT molecular complexity index is 997. The molecule has 0 aliphatic rings. The number of amides is 1. The second-order valence-corrected chi connectivity index (χ2v) is 6.40. The van der Waals surface area contributed by atoms with Gasteiger partial charge in [0.2, 0.25) is 5.91 Å². The third-order valence-electron chi connectivity index (χ3n) is 4.32. The van der Waals surface area contributed by atoms with Crippen LogP contribution in [0.1, 0.15) is 22.8 Å². The molecular weight excluding hydrogens is 356 g/mol. The number of nitrogens with one attached hydrogen (secondary N) is 1. The molecule has 0 saturated heterocycles. The quantitative estimate of drug-likeness (QED) is 0.612. The van der Waals surface area contributed by atoms with E-state index >= 15 is 0 Å². The fraction of sp³-hybridized carbons (Fsp3) is 0.190. The van der Waals surface area contributed by atoms with Gasteiger partial charge in [0.05, 0.1) is 12.7 Å². The summed E-state index contributed by atoms with van der Waals surface area (Å²) in [5.74, 6) is 0.427. The van der Waals surface area contributed by atoms with Gasteiger partial charge in [-0.05, 0) is 24.6 Å². The first-order valence-corrected chi connectivity index (χ1v) is 8.84. The average molecular weight is 378 g/mol. The van der Waals surface area contributed by atoms with E-state index < -0.39 is 0 Å². The van der Waals surface area contributed by atoms with E-state index in [-0.39, 0.29) is 18.2 Å². The molecule has 0 bridgehead atoms. The van der Waals surface area contributed by atoms with E-state index in [4.69, 9.17) is 10.2 Å². The standard InChI is InChI=1S/C21H22N4O3/c1-14(26)15-7-5-8-17(10-15)24-21-23-12-19(28-21)18-9-4-3-6-16(18)13-25(2)20(27)11-22/h3-10,12H,11,13,22H2,1-2H3,(H,23,24). The van der Waals surface area contributed by atoms with Crippen molar-refractivity contribution in [3.8, 4) is 11.3 Å². The molecule has 0 spiro atoms. The zero-order chi connectivity index (χ0) is 20.1. The van der Waals surface area contributed by atoms with Crippen molar-refractivity contribution in [2.75, 3.05) is 18.9 Å². The SMILES string of the molecule is CC(=O)c1cccc(Nc2ncc(-c3ccccc3CN(C)C(=O)CN)o2)c1. The van der Waals surface area contributed by atoms with E-state index in [1.54, 1.807) is 36.3 Å². The minimum Gasteiger partial charge on any atom is -0.423 e. The molecule has 0 saturated carbocycles. The number of Topliss-reactive ketones (excluding diaryl/α,β-unsaturated/α-hetero) is 1. The lowest BCUT2D eigenvalue weighted by Gasteiger charge is -2.17. The molecule has 7 nitrogen and oxygen atoms in total. The summed E-state index contributed by atoms with van der Waals surface area (Å²) in [7, 11) is 1.71. The van der Waals surface area contributed by atoms with Crippen molar-refractivity contribution in [3.63, 3.8) is 0 Å². The summed E-state index contributed by atoms with van der Waals surface area (Å²) in [4.78, 5) is 29.2. The average Bonchev–Trinajstić information content (AvgIpc) is 3.16. The summed E-state index contributed by atoms with van der Waals surface area (Å²) in [5.41, 5.74) is 8.52. The molecule has 0 fully saturated rings. The number of likely N-dealkylation sites (N-methyl/N-ethyl adjacent to an activating group) is 1. The first kappa shape index (κ1) is 19.3. The summed E-state index contributed by atoms with van der Waals surface area (Å²) in [5, 5.41) is 3.07. The molecule has 0 aliphatic heterocycles. The molecule has 28 heavy (non-hydrogen) atoms. The topological polar surface area (TPSA) is 101 Å². The Balaban J connectivity index is 1.82. The molecule has 0 radical (unpaired) electrons. The van der Waals surface area contributed by atoms with E-state index in [1.807, 2.05) is 30.3 Å². The third-order valence-corrected chi connectivity index (χ3v) is 4.32. The molecule has 3 aromatic rings. The van der Waals surface area contributed by atoms with Crippen molar-refractivity contribution in [2.24, 2.45) is 5.73 Å². The number of carbonyl (C=O) groups is 2. The van der Waals surface area contributed by atoms with Gasteiger partial charge >= 0.3 is 0 Å². The Morgan fingerprint density at radius 1 is 1.18 bits per heavy atom. The number of carbonyl (C=O) groups excluding carboxylic acids is 2. The van der Waals surface area contributed by atoms with Crippen LogP contribution in [0.2, 0.25) is 0 Å². The van der Waals surface area contributed by atoms with Gasteiger partial charge in [-0.2, -0.15) is 0 Å². The van der Waals surface area contributed by atoms with Crippen LogP contribution in [-0.4, -0.2) is 35.2 Å². The number of aromatic nitrogens is 1. The molecule has 0 unspecified atom stereocenters. The zero-order valence-electron chi connectivity index (χ0n) is 15.8. The number of ketones is 1. The van der Waals surface area contributed by atoms with Crippen LogP contribution in [0.15, 0.2) is 59.1 Å². The molecule has 0 aliphatic carbocycles. The van der Waals surface area contributed by atoms with Crippen LogP contribution in [0.3, 0.4) is 0 Å².